The zero-order chi connectivity index (χ0) is 12.3. The maximum atomic E-state index is 6.31. The summed E-state index contributed by atoms with van der Waals surface area (Å²) in [5.74, 6) is 0. The van der Waals surface area contributed by atoms with Gasteiger partial charge in [0, 0.05) is 32.2 Å². The molecule has 1 fully saturated rings. The number of piperazine rings is 1. The van der Waals surface area contributed by atoms with Crippen molar-refractivity contribution >= 4 is 48.0 Å². The molecule has 0 aromatic heterocycles. The Hall–Kier alpha value is 0.300. The lowest BCUT2D eigenvalue weighted by molar-refractivity contribution is 0.169. The summed E-state index contributed by atoms with van der Waals surface area (Å²) >= 11 is 12.4. The third kappa shape index (κ3) is 4.66. The lowest BCUT2D eigenvalue weighted by Crippen LogP contribution is -2.45. The first-order chi connectivity index (χ1) is 8.24. The fraction of sp³-hybridized carbons (Fsp3) is 0.538. The number of hydrogen-bond donors (Lipinski definition) is 1. The van der Waals surface area contributed by atoms with Crippen molar-refractivity contribution in [3.05, 3.63) is 33.8 Å². The van der Waals surface area contributed by atoms with E-state index in [0.717, 1.165) is 38.2 Å². The molecule has 110 valence electrons. The molecule has 1 saturated heterocycles. The molecule has 2 rings (SSSR count). The van der Waals surface area contributed by atoms with Crippen LogP contribution in [0.25, 0.3) is 0 Å². The highest BCUT2D eigenvalue weighted by atomic mass is 35.5. The van der Waals surface area contributed by atoms with Gasteiger partial charge >= 0.3 is 0 Å². The van der Waals surface area contributed by atoms with Crippen LogP contribution in [0.1, 0.15) is 24.9 Å². The quantitative estimate of drug-likeness (QED) is 0.883. The van der Waals surface area contributed by atoms with Gasteiger partial charge in [-0.25, -0.2) is 0 Å². The van der Waals surface area contributed by atoms with Crippen LogP contribution in [0, 0.1) is 0 Å². The summed E-state index contributed by atoms with van der Waals surface area (Å²) < 4.78 is 0. The highest BCUT2D eigenvalue weighted by Crippen LogP contribution is 2.34. The van der Waals surface area contributed by atoms with Crippen molar-refractivity contribution in [2.75, 3.05) is 26.2 Å². The van der Waals surface area contributed by atoms with E-state index < -0.39 is 0 Å². The molecule has 0 aliphatic carbocycles. The van der Waals surface area contributed by atoms with Crippen LogP contribution in [0.2, 0.25) is 10.0 Å². The SMILES string of the molecule is CC[C@@H](c1cccc(Cl)c1Cl)N1CCNCC1.Cl.Cl. The van der Waals surface area contributed by atoms with E-state index in [1.54, 1.807) is 0 Å². The normalized spacial score (nSPS) is 17.2. The van der Waals surface area contributed by atoms with Gasteiger partial charge in [-0.15, -0.1) is 24.8 Å². The van der Waals surface area contributed by atoms with Crippen LogP contribution in [0.15, 0.2) is 18.2 Å². The van der Waals surface area contributed by atoms with Crippen molar-refractivity contribution in [2.24, 2.45) is 0 Å². The molecule has 0 saturated carbocycles. The highest BCUT2D eigenvalue weighted by Gasteiger charge is 2.22. The third-order valence-electron chi connectivity index (χ3n) is 3.32. The molecule has 19 heavy (non-hydrogen) atoms. The van der Waals surface area contributed by atoms with Gasteiger partial charge in [0.1, 0.15) is 0 Å². The van der Waals surface area contributed by atoms with E-state index in [1.165, 1.54) is 0 Å². The monoisotopic (exact) mass is 344 g/mol. The third-order valence-corrected chi connectivity index (χ3v) is 4.15. The standard InChI is InChI=1S/C13H18Cl2N2.2ClH/c1-2-12(17-8-6-16-7-9-17)10-4-3-5-11(14)13(10)15;;/h3-5,12,16H,2,6-9H2,1H3;2*1H/t12-;;/m0../s1. The molecule has 0 radical (unpaired) electrons. The Morgan fingerprint density at radius 3 is 2.42 bits per heavy atom. The summed E-state index contributed by atoms with van der Waals surface area (Å²) in [6.07, 6.45) is 1.06. The van der Waals surface area contributed by atoms with Crippen LogP contribution in [0.4, 0.5) is 0 Å². The lowest BCUT2D eigenvalue weighted by atomic mass is 10.0. The van der Waals surface area contributed by atoms with Crippen LogP contribution in [-0.2, 0) is 0 Å². The van der Waals surface area contributed by atoms with Crippen molar-refractivity contribution in [1.29, 1.82) is 0 Å². The summed E-state index contributed by atoms with van der Waals surface area (Å²) in [4.78, 5) is 2.48. The van der Waals surface area contributed by atoms with E-state index in [1.807, 2.05) is 12.1 Å². The zero-order valence-corrected chi connectivity index (χ0v) is 14.0. The molecule has 0 amide bonds. The summed E-state index contributed by atoms with van der Waals surface area (Å²) in [5.41, 5.74) is 1.16. The van der Waals surface area contributed by atoms with Gasteiger partial charge in [0.25, 0.3) is 0 Å². The molecule has 1 atom stereocenters. The molecule has 0 spiro atoms. The van der Waals surface area contributed by atoms with Crippen LogP contribution >= 0.6 is 48.0 Å². The Kier molecular flexibility index (Phi) is 9.42. The van der Waals surface area contributed by atoms with E-state index in [-0.39, 0.29) is 24.8 Å². The number of hydrogen-bond acceptors (Lipinski definition) is 2. The molecule has 0 bridgehead atoms. The van der Waals surface area contributed by atoms with E-state index >= 15 is 0 Å². The van der Waals surface area contributed by atoms with Gasteiger partial charge in [-0.3, -0.25) is 4.90 Å². The molecule has 1 aliphatic rings. The predicted octanol–water partition coefficient (Wildman–Crippen LogP) is 4.19. The number of nitrogens with zero attached hydrogens (tertiary/aromatic N) is 1. The summed E-state index contributed by atoms with van der Waals surface area (Å²) in [6.45, 7) is 6.44. The highest BCUT2D eigenvalue weighted by molar-refractivity contribution is 6.42. The number of rotatable bonds is 3. The van der Waals surface area contributed by atoms with Crippen molar-refractivity contribution in [1.82, 2.24) is 10.2 Å². The van der Waals surface area contributed by atoms with E-state index in [4.69, 9.17) is 23.2 Å². The van der Waals surface area contributed by atoms with Crippen molar-refractivity contribution in [3.63, 3.8) is 0 Å². The topological polar surface area (TPSA) is 15.3 Å². The first kappa shape index (κ1) is 19.3. The van der Waals surface area contributed by atoms with Crippen LogP contribution < -0.4 is 5.32 Å². The van der Waals surface area contributed by atoms with E-state index in [9.17, 15) is 0 Å². The second-order valence-electron chi connectivity index (χ2n) is 4.35. The summed E-state index contributed by atoms with van der Waals surface area (Å²) in [5, 5.41) is 4.73. The fourth-order valence-corrected chi connectivity index (χ4v) is 2.88. The van der Waals surface area contributed by atoms with Gasteiger partial charge in [0.2, 0.25) is 0 Å². The molecule has 1 heterocycles. The average Bonchev–Trinajstić information content (AvgIpc) is 2.37. The largest absolute Gasteiger partial charge is 0.314 e. The molecule has 1 N–H and O–H groups in total. The van der Waals surface area contributed by atoms with Gasteiger partial charge < -0.3 is 5.32 Å². The molecule has 1 aliphatic heterocycles. The second kappa shape index (κ2) is 9.28. The minimum absolute atomic E-state index is 0. The summed E-state index contributed by atoms with van der Waals surface area (Å²) in [6, 6.07) is 6.29. The minimum atomic E-state index is 0. The van der Waals surface area contributed by atoms with Crippen LogP contribution in [0.5, 0.6) is 0 Å². The van der Waals surface area contributed by atoms with Gasteiger partial charge in [-0.1, -0.05) is 42.3 Å². The van der Waals surface area contributed by atoms with Gasteiger partial charge in [0.05, 0.1) is 10.0 Å². The molecular formula is C13H20Cl4N2. The predicted molar refractivity (Wildman–Crippen MR) is 88.4 cm³/mol. The Bertz CT molecular complexity index is 381. The molecule has 1 aromatic carbocycles. The second-order valence-corrected chi connectivity index (χ2v) is 5.14. The molecule has 2 nitrogen and oxygen atoms in total. The maximum Gasteiger partial charge on any atom is 0.0640 e. The average molecular weight is 346 g/mol. The molecule has 1 aromatic rings. The Morgan fingerprint density at radius 2 is 1.84 bits per heavy atom. The summed E-state index contributed by atoms with van der Waals surface area (Å²) in [7, 11) is 0. The molecule has 6 heteroatoms. The van der Waals surface area contributed by atoms with Crippen molar-refractivity contribution in [2.45, 2.75) is 19.4 Å². The Labute approximate surface area is 137 Å². The number of halogens is 4. The number of nitrogens with one attached hydrogen (secondary N) is 1. The first-order valence-corrected chi connectivity index (χ1v) is 6.88. The minimum Gasteiger partial charge on any atom is -0.314 e. The first-order valence-electron chi connectivity index (χ1n) is 6.12. The van der Waals surface area contributed by atoms with Gasteiger partial charge in [-0.2, -0.15) is 0 Å². The Balaban J connectivity index is 0.00000162. The lowest BCUT2D eigenvalue weighted by Gasteiger charge is -2.35. The van der Waals surface area contributed by atoms with E-state index in [2.05, 4.69) is 23.2 Å². The fourth-order valence-electron chi connectivity index (χ4n) is 2.45. The van der Waals surface area contributed by atoms with Gasteiger partial charge in [-0.05, 0) is 18.1 Å². The van der Waals surface area contributed by atoms with Crippen molar-refractivity contribution in [3.8, 4) is 0 Å². The van der Waals surface area contributed by atoms with Crippen molar-refractivity contribution < 1.29 is 0 Å². The smallest absolute Gasteiger partial charge is 0.0640 e. The maximum absolute atomic E-state index is 6.31. The molecular weight excluding hydrogens is 326 g/mol. The Morgan fingerprint density at radius 1 is 1.21 bits per heavy atom. The molecule has 0 unspecified atom stereocenters. The number of benzene rings is 1. The zero-order valence-electron chi connectivity index (χ0n) is 10.9. The van der Waals surface area contributed by atoms with Gasteiger partial charge in [0.15, 0.2) is 0 Å². The van der Waals surface area contributed by atoms with Crippen LogP contribution in [-0.4, -0.2) is 31.1 Å². The van der Waals surface area contributed by atoms with E-state index in [0.29, 0.717) is 16.1 Å². The van der Waals surface area contributed by atoms with Crippen LogP contribution in [0.3, 0.4) is 0 Å².